The van der Waals surface area contributed by atoms with Crippen LogP contribution in [0.1, 0.15) is 34.2 Å². The summed E-state index contributed by atoms with van der Waals surface area (Å²) < 4.78 is 6.99. The Morgan fingerprint density at radius 2 is 2.04 bits per heavy atom. The number of thiazole rings is 1. The lowest BCUT2D eigenvalue weighted by Gasteiger charge is -2.21. The molecule has 1 aliphatic rings. The molecule has 0 spiro atoms. The normalized spacial score (nSPS) is 14.8. The number of carbonyl (C=O) groups is 1. The number of anilines is 1. The SMILES string of the molecule is COc1ccc(-c2nc(NC(=O)c3cn(C4CCNCC4)nn3)sc2C)cc1. The Morgan fingerprint density at radius 3 is 2.75 bits per heavy atom. The number of aryl methyl sites for hydroxylation is 1. The van der Waals surface area contributed by atoms with E-state index >= 15 is 0 Å². The molecule has 3 heterocycles. The van der Waals surface area contributed by atoms with E-state index in [0.29, 0.717) is 16.9 Å². The van der Waals surface area contributed by atoms with Gasteiger partial charge in [0.05, 0.1) is 25.0 Å². The van der Waals surface area contributed by atoms with Crippen molar-refractivity contribution in [2.45, 2.75) is 25.8 Å². The number of amides is 1. The molecule has 0 saturated carbocycles. The smallest absolute Gasteiger partial charge is 0.279 e. The molecule has 2 aromatic heterocycles. The molecule has 1 aliphatic heterocycles. The monoisotopic (exact) mass is 398 g/mol. The van der Waals surface area contributed by atoms with Gasteiger partial charge in [-0.3, -0.25) is 10.1 Å². The van der Waals surface area contributed by atoms with Gasteiger partial charge in [0.15, 0.2) is 10.8 Å². The zero-order valence-corrected chi connectivity index (χ0v) is 16.6. The first-order valence-electron chi connectivity index (χ1n) is 9.20. The van der Waals surface area contributed by atoms with Crippen molar-refractivity contribution in [3.63, 3.8) is 0 Å². The molecule has 4 rings (SSSR count). The highest BCUT2D eigenvalue weighted by Crippen LogP contribution is 2.31. The Bertz CT molecular complexity index is 959. The van der Waals surface area contributed by atoms with E-state index in [2.05, 4.69) is 25.9 Å². The predicted molar refractivity (Wildman–Crippen MR) is 108 cm³/mol. The van der Waals surface area contributed by atoms with Crippen LogP contribution in [0.4, 0.5) is 5.13 Å². The van der Waals surface area contributed by atoms with Crippen molar-refractivity contribution in [3.05, 3.63) is 41.0 Å². The number of nitrogens with zero attached hydrogens (tertiary/aromatic N) is 4. The molecule has 146 valence electrons. The number of aromatic nitrogens is 4. The third kappa shape index (κ3) is 3.90. The summed E-state index contributed by atoms with van der Waals surface area (Å²) in [7, 11) is 1.64. The van der Waals surface area contributed by atoms with E-state index < -0.39 is 0 Å². The Morgan fingerprint density at radius 1 is 1.29 bits per heavy atom. The van der Waals surface area contributed by atoms with Crippen LogP contribution < -0.4 is 15.4 Å². The van der Waals surface area contributed by atoms with Crippen molar-refractivity contribution in [1.29, 1.82) is 0 Å². The number of piperidine rings is 1. The van der Waals surface area contributed by atoms with Crippen LogP contribution >= 0.6 is 11.3 Å². The maximum Gasteiger partial charge on any atom is 0.279 e. The van der Waals surface area contributed by atoms with E-state index in [1.54, 1.807) is 18.0 Å². The minimum atomic E-state index is -0.296. The standard InChI is InChI=1S/C19H22N6O2S/c1-12-17(13-3-5-15(27-2)6-4-13)21-19(28-12)22-18(26)16-11-25(24-23-16)14-7-9-20-10-8-14/h3-6,11,14,20H,7-10H2,1-2H3,(H,21,22,26). The minimum absolute atomic E-state index is 0.291. The van der Waals surface area contributed by atoms with E-state index in [-0.39, 0.29) is 5.91 Å². The third-order valence-corrected chi connectivity index (χ3v) is 5.69. The van der Waals surface area contributed by atoms with Crippen LogP contribution in [0, 0.1) is 6.92 Å². The van der Waals surface area contributed by atoms with Crippen LogP contribution in [-0.2, 0) is 0 Å². The van der Waals surface area contributed by atoms with Gasteiger partial charge in [0, 0.05) is 10.4 Å². The number of nitrogens with one attached hydrogen (secondary N) is 2. The molecule has 0 bridgehead atoms. The van der Waals surface area contributed by atoms with Crippen molar-refractivity contribution >= 4 is 22.4 Å². The van der Waals surface area contributed by atoms with Crippen molar-refractivity contribution in [1.82, 2.24) is 25.3 Å². The van der Waals surface area contributed by atoms with Gasteiger partial charge in [-0.05, 0) is 57.1 Å². The second-order valence-electron chi connectivity index (χ2n) is 6.67. The molecular formula is C19H22N6O2S. The largest absolute Gasteiger partial charge is 0.497 e. The fourth-order valence-electron chi connectivity index (χ4n) is 3.26. The van der Waals surface area contributed by atoms with Gasteiger partial charge in [0.1, 0.15) is 5.75 Å². The zero-order chi connectivity index (χ0) is 19.5. The van der Waals surface area contributed by atoms with Gasteiger partial charge < -0.3 is 10.1 Å². The molecule has 28 heavy (non-hydrogen) atoms. The number of methoxy groups -OCH3 is 1. The summed E-state index contributed by atoms with van der Waals surface area (Å²) in [5, 5.41) is 14.9. The number of hydrogen-bond acceptors (Lipinski definition) is 7. The Balaban J connectivity index is 1.47. The third-order valence-electron chi connectivity index (χ3n) is 4.81. The van der Waals surface area contributed by atoms with Gasteiger partial charge in [-0.1, -0.05) is 5.21 Å². The summed E-state index contributed by atoms with van der Waals surface area (Å²) in [4.78, 5) is 18.2. The fourth-order valence-corrected chi connectivity index (χ4v) is 4.09. The molecule has 1 aromatic carbocycles. The number of benzene rings is 1. The average Bonchev–Trinajstić information content (AvgIpc) is 3.36. The number of rotatable bonds is 5. The van der Waals surface area contributed by atoms with Gasteiger partial charge in [-0.25, -0.2) is 9.67 Å². The van der Waals surface area contributed by atoms with Gasteiger partial charge in [-0.2, -0.15) is 0 Å². The van der Waals surface area contributed by atoms with Crippen molar-refractivity contribution in [2.24, 2.45) is 0 Å². The summed E-state index contributed by atoms with van der Waals surface area (Å²) in [6.45, 7) is 3.90. The number of hydrogen-bond donors (Lipinski definition) is 2. The molecule has 0 unspecified atom stereocenters. The second kappa shape index (κ2) is 8.07. The van der Waals surface area contributed by atoms with E-state index in [1.807, 2.05) is 31.2 Å². The molecule has 0 atom stereocenters. The molecule has 0 radical (unpaired) electrons. The van der Waals surface area contributed by atoms with Crippen LogP contribution in [0.3, 0.4) is 0 Å². The quantitative estimate of drug-likeness (QED) is 0.686. The average molecular weight is 398 g/mol. The highest BCUT2D eigenvalue weighted by molar-refractivity contribution is 7.16. The van der Waals surface area contributed by atoms with Crippen molar-refractivity contribution in [3.8, 4) is 17.0 Å². The van der Waals surface area contributed by atoms with E-state index in [0.717, 1.165) is 47.8 Å². The van der Waals surface area contributed by atoms with E-state index in [4.69, 9.17) is 4.74 Å². The van der Waals surface area contributed by atoms with Crippen LogP contribution in [0.25, 0.3) is 11.3 Å². The number of ether oxygens (including phenoxy) is 1. The lowest BCUT2D eigenvalue weighted by atomic mass is 10.1. The summed E-state index contributed by atoms with van der Waals surface area (Å²) in [5.74, 6) is 0.497. The number of carbonyl (C=O) groups excluding carboxylic acids is 1. The summed E-state index contributed by atoms with van der Waals surface area (Å²) in [6, 6.07) is 7.99. The molecule has 0 aliphatic carbocycles. The van der Waals surface area contributed by atoms with Gasteiger partial charge >= 0.3 is 0 Å². The second-order valence-corrected chi connectivity index (χ2v) is 7.87. The molecule has 9 heteroatoms. The van der Waals surface area contributed by atoms with Crippen molar-refractivity contribution in [2.75, 3.05) is 25.5 Å². The van der Waals surface area contributed by atoms with Gasteiger partial charge in [0.2, 0.25) is 0 Å². The van der Waals surface area contributed by atoms with Crippen LogP contribution in [-0.4, -0.2) is 46.1 Å². The van der Waals surface area contributed by atoms with E-state index in [1.165, 1.54) is 11.3 Å². The summed E-state index contributed by atoms with van der Waals surface area (Å²) in [5.41, 5.74) is 2.13. The van der Waals surface area contributed by atoms with Crippen LogP contribution in [0.2, 0.25) is 0 Å². The highest BCUT2D eigenvalue weighted by atomic mass is 32.1. The zero-order valence-electron chi connectivity index (χ0n) is 15.8. The van der Waals surface area contributed by atoms with Crippen LogP contribution in [0.5, 0.6) is 5.75 Å². The fraction of sp³-hybridized carbons (Fsp3) is 0.368. The first kappa shape index (κ1) is 18.6. The van der Waals surface area contributed by atoms with E-state index in [9.17, 15) is 4.79 Å². The van der Waals surface area contributed by atoms with Crippen LogP contribution in [0.15, 0.2) is 30.5 Å². The Hall–Kier alpha value is -2.78. The highest BCUT2D eigenvalue weighted by Gasteiger charge is 2.20. The topological polar surface area (TPSA) is 94.0 Å². The predicted octanol–water partition coefficient (Wildman–Crippen LogP) is 2.90. The molecule has 8 nitrogen and oxygen atoms in total. The maximum absolute atomic E-state index is 12.6. The first-order chi connectivity index (χ1) is 13.6. The molecular weight excluding hydrogens is 376 g/mol. The lowest BCUT2D eigenvalue weighted by Crippen LogP contribution is -2.29. The Labute approximate surface area is 166 Å². The summed E-state index contributed by atoms with van der Waals surface area (Å²) >= 11 is 1.44. The minimum Gasteiger partial charge on any atom is -0.497 e. The molecule has 1 amide bonds. The Kier molecular flexibility index (Phi) is 5.36. The van der Waals surface area contributed by atoms with Crippen molar-refractivity contribution < 1.29 is 9.53 Å². The molecule has 1 fully saturated rings. The molecule has 3 aromatic rings. The van der Waals surface area contributed by atoms with Gasteiger partial charge in [0.25, 0.3) is 5.91 Å². The summed E-state index contributed by atoms with van der Waals surface area (Å²) in [6.07, 6.45) is 3.69. The van der Waals surface area contributed by atoms with Gasteiger partial charge in [-0.15, -0.1) is 16.4 Å². The lowest BCUT2D eigenvalue weighted by molar-refractivity contribution is 0.102. The molecule has 2 N–H and O–H groups in total. The molecule has 1 saturated heterocycles. The first-order valence-corrected chi connectivity index (χ1v) is 10.0. The maximum atomic E-state index is 12.6.